The lowest BCUT2D eigenvalue weighted by atomic mass is 10.1. The smallest absolute Gasteiger partial charge is 0.147 e. The fourth-order valence-corrected chi connectivity index (χ4v) is 3.53. The molecule has 2 unspecified atom stereocenters. The quantitative estimate of drug-likeness (QED) is 0.706. The lowest BCUT2D eigenvalue weighted by Crippen LogP contribution is -2.25. The standard InChI is InChI=1S/C11H20O2S/c1-3-11(12)9(2)14(13)8-10-6-4-5-7-10/h9-10H,3-8H2,1-2H3. The number of Topliss-reactive ketones (excluding diaryl/α,β-unsaturated/α-hetero) is 1. The highest BCUT2D eigenvalue weighted by molar-refractivity contribution is 7.86. The number of carbonyl (C=O) groups excluding carboxylic acids is 1. The number of carbonyl (C=O) groups is 1. The molecule has 1 aliphatic carbocycles. The molecule has 1 fully saturated rings. The third-order valence-electron chi connectivity index (χ3n) is 3.07. The highest BCUT2D eigenvalue weighted by Gasteiger charge is 2.23. The third-order valence-corrected chi connectivity index (χ3v) is 4.92. The lowest BCUT2D eigenvalue weighted by molar-refractivity contribution is -0.118. The van der Waals surface area contributed by atoms with Crippen LogP contribution in [0, 0.1) is 5.92 Å². The van der Waals surface area contributed by atoms with Crippen LogP contribution in [0.2, 0.25) is 0 Å². The van der Waals surface area contributed by atoms with Gasteiger partial charge in [0.25, 0.3) is 0 Å². The summed E-state index contributed by atoms with van der Waals surface area (Å²) in [5.41, 5.74) is 0. The molecule has 14 heavy (non-hydrogen) atoms. The Balaban J connectivity index is 2.36. The van der Waals surface area contributed by atoms with Crippen molar-refractivity contribution in [1.82, 2.24) is 0 Å². The topological polar surface area (TPSA) is 34.1 Å². The van der Waals surface area contributed by atoms with Gasteiger partial charge in [-0.3, -0.25) is 9.00 Å². The molecule has 0 radical (unpaired) electrons. The molecule has 0 N–H and O–H groups in total. The zero-order valence-corrected chi connectivity index (χ0v) is 9.94. The van der Waals surface area contributed by atoms with E-state index in [-0.39, 0.29) is 11.0 Å². The Kier molecular flexibility index (Phi) is 4.79. The van der Waals surface area contributed by atoms with Crippen molar-refractivity contribution in [3.05, 3.63) is 0 Å². The van der Waals surface area contributed by atoms with Crippen molar-refractivity contribution in [2.75, 3.05) is 5.75 Å². The van der Waals surface area contributed by atoms with Crippen molar-refractivity contribution in [3.63, 3.8) is 0 Å². The number of hydrogen-bond donors (Lipinski definition) is 0. The summed E-state index contributed by atoms with van der Waals surface area (Å²) < 4.78 is 11.8. The van der Waals surface area contributed by atoms with Crippen molar-refractivity contribution in [2.24, 2.45) is 5.92 Å². The predicted octanol–water partition coefficient (Wildman–Crippen LogP) is 2.29. The first-order valence-corrected chi connectivity index (χ1v) is 6.93. The van der Waals surface area contributed by atoms with Crippen LogP contribution in [0.3, 0.4) is 0 Å². The van der Waals surface area contributed by atoms with Gasteiger partial charge in [-0.1, -0.05) is 19.8 Å². The second kappa shape index (κ2) is 5.64. The van der Waals surface area contributed by atoms with Gasteiger partial charge in [-0.25, -0.2) is 0 Å². The van der Waals surface area contributed by atoms with E-state index in [4.69, 9.17) is 0 Å². The first kappa shape index (κ1) is 11.9. The van der Waals surface area contributed by atoms with Crippen LogP contribution in [0.25, 0.3) is 0 Å². The zero-order chi connectivity index (χ0) is 10.6. The van der Waals surface area contributed by atoms with Crippen LogP contribution in [-0.4, -0.2) is 21.0 Å². The van der Waals surface area contributed by atoms with Gasteiger partial charge in [-0.05, 0) is 25.7 Å². The van der Waals surface area contributed by atoms with Gasteiger partial charge in [0.15, 0.2) is 0 Å². The molecule has 2 atom stereocenters. The summed E-state index contributed by atoms with van der Waals surface area (Å²) in [6, 6.07) is 0. The fraction of sp³-hybridized carbons (Fsp3) is 0.909. The zero-order valence-electron chi connectivity index (χ0n) is 9.12. The Bertz CT molecular complexity index is 219. The molecule has 3 heteroatoms. The molecule has 1 aliphatic rings. The summed E-state index contributed by atoms with van der Waals surface area (Å²) in [7, 11) is -0.934. The highest BCUT2D eigenvalue weighted by Crippen LogP contribution is 2.26. The van der Waals surface area contributed by atoms with Crippen LogP contribution >= 0.6 is 0 Å². The number of ketones is 1. The van der Waals surface area contributed by atoms with E-state index in [2.05, 4.69) is 0 Å². The van der Waals surface area contributed by atoms with Gasteiger partial charge in [0.2, 0.25) is 0 Å². The Morgan fingerprint density at radius 1 is 1.43 bits per heavy atom. The minimum absolute atomic E-state index is 0.140. The van der Waals surface area contributed by atoms with E-state index in [9.17, 15) is 9.00 Å². The average Bonchev–Trinajstić information content (AvgIpc) is 2.68. The summed E-state index contributed by atoms with van der Waals surface area (Å²) in [5, 5.41) is -0.249. The molecule has 0 aromatic carbocycles. The SMILES string of the molecule is CCC(=O)C(C)S(=O)CC1CCCC1. The summed E-state index contributed by atoms with van der Waals surface area (Å²) >= 11 is 0. The van der Waals surface area contributed by atoms with E-state index in [1.807, 2.05) is 6.92 Å². The van der Waals surface area contributed by atoms with Crippen LogP contribution in [-0.2, 0) is 15.6 Å². The first-order chi connectivity index (χ1) is 6.65. The third kappa shape index (κ3) is 3.19. The van der Waals surface area contributed by atoms with Gasteiger partial charge in [0, 0.05) is 23.0 Å². The maximum Gasteiger partial charge on any atom is 0.147 e. The van der Waals surface area contributed by atoms with Gasteiger partial charge in [-0.2, -0.15) is 0 Å². The largest absolute Gasteiger partial charge is 0.298 e. The first-order valence-electron chi connectivity index (χ1n) is 5.55. The highest BCUT2D eigenvalue weighted by atomic mass is 32.2. The molecular weight excluding hydrogens is 196 g/mol. The molecule has 1 rings (SSSR count). The molecule has 0 heterocycles. The monoisotopic (exact) mass is 216 g/mol. The normalized spacial score (nSPS) is 22.1. The van der Waals surface area contributed by atoms with Gasteiger partial charge in [-0.15, -0.1) is 0 Å². The van der Waals surface area contributed by atoms with E-state index in [1.54, 1.807) is 6.92 Å². The molecule has 82 valence electrons. The molecule has 0 aromatic heterocycles. The van der Waals surface area contributed by atoms with Crippen LogP contribution in [0.15, 0.2) is 0 Å². The molecule has 0 aromatic rings. The van der Waals surface area contributed by atoms with E-state index in [0.717, 1.165) is 5.75 Å². The number of hydrogen-bond acceptors (Lipinski definition) is 2. The Labute approximate surface area is 88.9 Å². The van der Waals surface area contributed by atoms with Gasteiger partial charge in [0.1, 0.15) is 5.78 Å². The Hall–Kier alpha value is -0.180. The fourth-order valence-electron chi connectivity index (χ4n) is 1.99. The molecule has 2 nitrogen and oxygen atoms in total. The molecule has 1 saturated carbocycles. The second-order valence-electron chi connectivity index (χ2n) is 4.16. The van der Waals surface area contributed by atoms with Crippen molar-refractivity contribution < 1.29 is 9.00 Å². The predicted molar refractivity (Wildman–Crippen MR) is 59.7 cm³/mol. The van der Waals surface area contributed by atoms with E-state index in [0.29, 0.717) is 12.3 Å². The van der Waals surface area contributed by atoms with Gasteiger partial charge >= 0.3 is 0 Å². The molecule has 0 saturated heterocycles. The van der Waals surface area contributed by atoms with Gasteiger partial charge < -0.3 is 0 Å². The average molecular weight is 216 g/mol. The maximum atomic E-state index is 11.8. The van der Waals surface area contributed by atoms with Gasteiger partial charge in [0.05, 0.1) is 5.25 Å². The minimum Gasteiger partial charge on any atom is -0.298 e. The Morgan fingerprint density at radius 3 is 2.50 bits per heavy atom. The van der Waals surface area contributed by atoms with Crippen LogP contribution in [0.5, 0.6) is 0 Å². The van der Waals surface area contributed by atoms with Crippen molar-refractivity contribution in [3.8, 4) is 0 Å². The van der Waals surface area contributed by atoms with E-state index in [1.165, 1.54) is 25.7 Å². The van der Waals surface area contributed by atoms with Crippen LogP contribution in [0.4, 0.5) is 0 Å². The number of rotatable bonds is 5. The minimum atomic E-state index is -0.934. The molecule has 0 amide bonds. The van der Waals surface area contributed by atoms with E-state index < -0.39 is 10.8 Å². The molecule has 0 spiro atoms. The molecular formula is C11H20O2S. The molecule has 0 aliphatic heterocycles. The van der Waals surface area contributed by atoms with Crippen molar-refractivity contribution >= 4 is 16.6 Å². The Morgan fingerprint density at radius 2 is 2.00 bits per heavy atom. The van der Waals surface area contributed by atoms with E-state index >= 15 is 0 Å². The summed E-state index contributed by atoms with van der Waals surface area (Å²) in [5.74, 6) is 1.50. The lowest BCUT2D eigenvalue weighted by Gasteiger charge is -2.12. The molecule has 0 bridgehead atoms. The van der Waals surface area contributed by atoms with Crippen molar-refractivity contribution in [2.45, 2.75) is 51.2 Å². The summed E-state index contributed by atoms with van der Waals surface area (Å²) in [6.45, 7) is 3.64. The second-order valence-corrected chi connectivity index (χ2v) is 5.96. The van der Waals surface area contributed by atoms with Crippen molar-refractivity contribution in [1.29, 1.82) is 0 Å². The summed E-state index contributed by atoms with van der Waals surface area (Å²) in [4.78, 5) is 11.3. The van der Waals surface area contributed by atoms with Crippen LogP contribution in [0.1, 0.15) is 46.0 Å². The van der Waals surface area contributed by atoms with Crippen LogP contribution < -0.4 is 0 Å². The summed E-state index contributed by atoms with van der Waals surface area (Å²) in [6.07, 6.45) is 5.48. The maximum absolute atomic E-state index is 11.8.